The van der Waals surface area contributed by atoms with Gasteiger partial charge < -0.3 is 118 Å². The molecule has 16 amide bonds. The first kappa shape index (κ1) is 108. The van der Waals surface area contributed by atoms with Gasteiger partial charge in [0.2, 0.25) is 94.5 Å². The number of unbranched alkanes of at least 4 members (excludes halogenated alkanes) is 3. The zero-order chi connectivity index (χ0) is 97.0. The van der Waals surface area contributed by atoms with E-state index >= 15 is 28.8 Å². The lowest BCUT2D eigenvalue weighted by Crippen LogP contribution is -2.65. The molecule has 1 fully saturated rings. The van der Waals surface area contributed by atoms with Crippen LogP contribution in [0.3, 0.4) is 0 Å². The molecule has 26 N–H and O–H groups in total. The summed E-state index contributed by atoms with van der Waals surface area (Å²) < 4.78 is 2.61. The average molecular weight is 1860 g/mol. The molecule has 6 rings (SSSR count). The van der Waals surface area contributed by atoms with Gasteiger partial charge in [0, 0.05) is 98.8 Å². The summed E-state index contributed by atoms with van der Waals surface area (Å²) in [6, 6.07) is 7.14. The number of H-pyrrole nitrogens is 1. The highest BCUT2D eigenvalue weighted by molar-refractivity contribution is 8.77. The van der Waals surface area contributed by atoms with E-state index in [2.05, 4.69) is 79.4 Å². The minimum atomic E-state index is -1.98. The number of aliphatic hydroxyl groups is 1. The van der Waals surface area contributed by atoms with Gasteiger partial charge >= 0.3 is 0 Å². The molecule has 0 spiro atoms. The number of para-hydroxylation sites is 1. The lowest BCUT2D eigenvalue weighted by Gasteiger charge is -2.39. The topological polar surface area (TPSA) is 617 Å². The Balaban J connectivity index is 1.55. The molecule has 131 heavy (non-hydrogen) atoms. The quantitative estimate of drug-likeness (QED) is 0.0188. The van der Waals surface area contributed by atoms with Crippen LogP contribution in [-0.4, -0.2) is 232 Å². The Hall–Kier alpha value is -11.5. The van der Waals surface area contributed by atoms with E-state index in [9.17, 15) is 53.1 Å². The normalized spacial score (nSPS) is 19.3. The van der Waals surface area contributed by atoms with Crippen molar-refractivity contribution in [2.75, 3.05) is 39.3 Å². The van der Waals surface area contributed by atoms with Crippen molar-refractivity contribution in [3.05, 3.63) is 113 Å². The molecule has 1 aliphatic heterocycles. The van der Waals surface area contributed by atoms with Crippen LogP contribution in [0.25, 0.3) is 21.7 Å². The van der Waals surface area contributed by atoms with Crippen LogP contribution in [0.1, 0.15) is 189 Å². The summed E-state index contributed by atoms with van der Waals surface area (Å²) in [4.78, 5) is 235. The minimum absolute atomic E-state index is 0.0189. The summed E-state index contributed by atoms with van der Waals surface area (Å²) in [5.41, 5.74) is 30.3. The number of nitrogens with two attached hydrogens (primary N) is 5. The van der Waals surface area contributed by atoms with Gasteiger partial charge in [0.15, 0.2) is 0 Å². The molecular formula is C91H136N20O18S2. The number of carbonyl (C=O) groups excluding carboxylic acids is 16. The number of rotatable bonds is 46. The van der Waals surface area contributed by atoms with Crippen molar-refractivity contribution >= 4 is 138 Å². The monoisotopic (exact) mass is 1860 g/mol. The number of aromatic amines is 1. The smallest absolute Gasteiger partial charge is 0.246 e. The highest BCUT2D eigenvalue weighted by Crippen LogP contribution is 2.47. The van der Waals surface area contributed by atoms with Crippen LogP contribution in [-0.2, 0) is 102 Å². The maximum absolute atomic E-state index is 16.4. The Bertz CT molecular complexity index is 4780. The van der Waals surface area contributed by atoms with Crippen molar-refractivity contribution in [2.24, 2.45) is 34.6 Å². The summed E-state index contributed by atoms with van der Waals surface area (Å²) in [6.07, 6.45) is 0.229. The number of primary amides is 2. The van der Waals surface area contributed by atoms with Crippen LogP contribution in [0.5, 0.6) is 5.75 Å². The predicted octanol–water partition coefficient (Wildman–Crippen LogP) is 0.697. The second-order valence-electron chi connectivity index (χ2n) is 35.0. The van der Waals surface area contributed by atoms with E-state index in [1.807, 2.05) is 51.1 Å². The second-order valence-corrected chi connectivity index (χ2v) is 38.4. The van der Waals surface area contributed by atoms with Crippen molar-refractivity contribution in [1.29, 1.82) is 0 Å². The number of hydrogen-bond donors (Lipinski definition) is 21. The zero-order valence-electron chi connectivity index (χ0n) is 77.0. The van der Waals surface area contributed by atoms with Crippen molar-refractivity contribution in [3.8, 4) is 5.75 Å². The summed E-state index contributed by atoms with van der Waals surface area (Å²) >= 11 is 0. The van der Waals surface area contributed by atoms with Crippen LogP contribution in [0.15, 0.2) is 91.1 Å². The van der Waals surface area contributed by atoms with Gasteiger partial charge in [0.25, 0.3) is 0 Å². The number of aromatic nitrogens is 1. The largest absolute Gasteiger partial charge is 0.492 e. The van der Waals surface area contributed by atoms with E-state index in [0.29, 0.717) is 53.5 Å². The van der Waals surface area contributed by atoms with Crippen LogP contribution in [0.4, 0.5) is 0 Å². The molecule has 2 heterocycles. The molecule has 4 aromatic carbocycles. The molecule has 1 aromatic heterocycles. The highest BCUT2D eigenvalue weighted by atomic mass is 33.1. The summed E-state index contributed by atoms with van der Waals surface area (Å²) in [6.45, 7) is 19.1. The number of ether oxygens (including phenoxy) is 1. The maximum Gasteiger partial charge on any atom is 0.246 e. The minimum Gasteiger partial charge on any atom is -0.492 e. The Morgan fingerprint density at radius 2 is 1.17 bits per heavy atom. The van der Waals surface area contributed by atoms with E-state index in [4.69, 9.17) is 33.4 Å². The first-order valence-electron chi connectivity index (χ1n) is 44.5. The standard InChI is InChI=1S/C91H136N20O18S2/c1-13-23-59-26-22-27-64-61(50-99-75(59)64)46-69-82(122)102-65(28-16-20-39-97-53(5)113)79(119)110-77(90(10,11)131-130-89(8,9)76(100-55(7)115)86(126)107-71(48-73(96)117)83(123)109-74(52(4)112)85(125)105-69)87(127)106-67(44-56-31-34-63(35-32-56)129-41-38-93)81(121)103-68(45-57-30-33-58-24-14-15-25-60(58)43-57)84(124)111-91(12,36-18-19-37-92)88(128)108-66(29-17-21-40-98-54(6)114)78(118)104-70(47-72(95)116)80(120)101-62(49-94)42-51(2)3/h14-15,22,24-27,30-35,43,50-52,62,65-71,74,76-77,99,112H,13,16-21,23,28-29,36-42,44-49,92-94H2,1-12H3,(H2,95,116)(H2,96,117)(H,97,113)(H,98,114)(H,100,115)(H,101,120)(H,102,122)(H,103,121)(H,104,118)(H,105,125)(H,106,127)(H,107,126)(H,108,128)(H,109,123)(H,110,119)(H,111,124)/t52-,62-,65+,66+,67+,68+,69+,70+,71+,74+,76-,77-,91+/m1/s1. The fourth-order valence-corrected chi connectivity index (χ4v) is 17.9. The summed E-state index contributed by atoms with van der Waals surface area (Å²) in [7, 11) is 1.84. The number of nitrogens with one attached hydrogen (secondary N) is 15. The van der Waals surface area contributed by atoms with Gasteiger partial charge in [-0.1, -0.05) is 122 Å². The molecular weight excluding hydrogens is 1730 g/mol. The van der Waals surface area contributed by atoms with Crippen LogP contribution < -0.4 is 108 Å². The molecule has 0 aliphatic carbocycles. The number of carbonyl (C=O) groups is 16. The van der Waals surface area contributed by atoms with E-state index in [1.165, 1.54) is 34.6 Å². The van der Waals surface area contributed by atoms with Crippen molar-refractivity contribution < 1.29 is 86.6 Å². The van der Waals surface area contributed by atoms with Gasteiger partial charge in [-0.25, -0.2) is 0 Å². The average Bonchev–Trinajstić information content (AvgIpc) is 1.68. The van der Waals surface area contributed by atoms with Crippen LogP contribution in [0.2, 0.25) is 0 Å². The van der Waals surface area contributed by atoms with Gasteiger partial charge in [-0.2, -0.15) is 0 Å². The molecule has 13 atom stereocenters. The van der Waals surface area contributed by atoms with Crippen LogP contribution >= 0.6 is 21.6 Å². The lowest BCUT2D eigenvalue weighted by molar-refractivity contribution is -0.138. The molecule has 720 valence electrons. The third kappa shape index (κ3) is 35.0. The molecule has 0 radical (unpaired) electrons. The maximum atomic E-state index is 16.4. The van der Waals surface area contributed by atoms with E-state index in [-0.39, 0.29) is 121 Å². The van der Waals surface area contributed by atoms with Crippen LogP contribution in [0, 0.1) is 5.92 Å². The Morgan fingerprint density at radius 3 is 1.79 bits per heavy atom. The van der Waals surface area contributed by atoms with Gasteiger partial charge in [0.1, 0.15) is 78.3 Å². The third-order valence-corrected chi connectivity index (χ3v) is 26.4. The van der Waals surface area contributed by atoms with Crippen molar-refractivity contribution in [2.45, 2.75) is 280 Å². The van der Waals surface area contributed by atoms with E-state index in [1.54, 1.807) is 74.6 Å². The zero-order valence-corrected chi connectivity index (χ0v) is 78.7. The van der Waals surface area contributed by atoms with Crippen molar-refractivity contribution in [3.63, 3.8) is 0 Å². The predicted molar refractivity (Wildman–Crippen MR) is 501 cm³/mol. The Labute approximate surface area is 772 Å². The van der Waals surface area contributed by atoms with Gasteiger partial charge in [0.05, 0.1) is 18.9 Å². The number of fused-ring (bicyclic) bond motifs is 2. The van der Waals surface area contributed by atoms with Crippen molar-refractivity contribution in [1.82, 2.24) is 79.4 Å². The summed E-state index contributed by atoms with van der Waals surface area (Å²) in [5.74, 6) is -14.0. The Morgan fingerprint density at radius 1 is 0.573 bits per heavy atom. The van der Waals surface area contributed by atoms with Gasteiger partial charge in [-0.3, -0.25) is 76.7 Å². The second kappa shape index (κ2) is 52.5. The fraction of sp³-hybridized carbons (Fsp3) is 0.560. The molecule has 1 aliphatic rings. The first-order valence-corrected chi connectivity index (χ1v) is 46.7. The highest BCUT2D eigenvalue weighted by Gasteiger charge is 2.47. The number of hydrogen-bond acceptors (Lipinski definition) is 23. The van der Waals surface area contributed by atoms with Gasteiger partial charge in [-0.15, -0.1) is 0 Å². The lowest BCUT2D eigenvalue weighted by atomic mass is 9.91. The molecule has 0 unspecified atom stereocenters. The number of benzene rings is 4. The molecule has 1 saturated heterocycles. The molecule has 0 saturated carbocycles. The van der Waals surface area contributed by atoms with E-state index in [0.717, 1.165) is 63.7 Å². The molecule has 0 bridgehead atoms. The SMILES string of the molecule is CCCc1cccc2c(C[C@@H]3NC(=O)[C@H]([C@@H](C)O)NC(=O)[C@H](CC(N)=O)NC(=O)[C@@H](NC(C)=O)C(C)(C)SSC(C)(C)[C@@H](C(=O)N[C@@H](Cc4ccc(OCCN)cc4)C(=O)N[C@@H](Cc4ccc5ccccc5c4)C(=O)N[C@@](C)(CCCCN)C(=O)N[C@@H](CCCCNC(C)=O)C(=O)N[C@@H](CC(N)=O)C(=O)N[C@@H](CN)CC(C)C)NC(=O)[C@H](CCCCNC(C)=O)NC3=O)c[nH]c12. The molecule has 5 aromatic rings. The summed E-state index contributed by atoms with van der Waals surface area (Å²) in [5, 5.41) is 51.8. The van der Waals surface area contributed by atoms with E-state index < -0.39 is 183 Å². The van der Waals surface area contributed by atoms with Gasteiger partial charge in [-0.05, 0) is 170 Å². The first-order chi connectivity index (χ1) is 61.9. The number of aryl methyl sites for hydroxylation is 1. The third-order valence-electron chi connectivity index (χ3n) is 22.2. The number of amides is 16. The molecule has 40 heteroatoms. The number of aliphatic hydroxyl groups excluding tert-OH is 1. The Kier molecular flexibility index (Phi) is 43.4. The fourth-order valence-electron chi connectivity index (χ4n) is 15.1. The molecule has 38 nitrogen and oxygen atoms in total.